The fourth-order valence-electron chi connectivity index (χ4n) is 3.31. The van der Waals surface area contributed by atoms with Crippen molar-refractivity contribution in [2.24, 2.45) is 0 Å². The lowest BCUT2D eigenvalue weighted by molar-refractivity contribution is -0.158. The molecular weight excluding hydrogens is 438 g/mol. The van der Waals surface area contributed by atoms with Gasteiger partial charge in [0.05, 0.1) is 22.9 Å². The highest BCUT2D eigenvalue weighted by Crippen LogP contribution is 2.31. The van der Waals surface area contributed by atoms with Gasteiger partial charge in [-0.3, -0.25) is 0 Å². The summed E-state index contributed by atoms with van der Waals surface area (Å²) in [5, 5.41) is 0.615. The molecule has 0 bridgehead atoms. The van der Waals surface area contributed by atoms with Crippen molar-refractivity contribution < 1.29 is 18.7 Å². The van der Waals surface area contributed by atoms with E-state index in [-0.39, 0.29) is 5.92 Å². The number of carbonyl (C=O) groups excluding carboxylic acids is 1. The van der Waals surface area contributed by atoms with Gasteiger partial charge in [0, 0.05) is 12.3 Å². The third kappa shape index (κ3) is 6.26. The number of hydrogen-bond acceptors (Lipinski definition) is 5. The number of rotatable bonds is 9. The van der Waals surface area contributed by atoms with E-state index in [1.807, 2.05) is 54.6 Å². The third-order valence-electron chi connectivity index (χ3n) is 5.00. The minimum absolute atomic E-state index is 0.205. The highest BCUT2D eigenvalue weighted by Gasteiger charge is 2.31. The molecule has 2 aromatic carbocycles. The lowest BCUT2D eigenvalue weighted by Gasteiger charge is -2.24. The van der Waals surface area contributed by atoms with Crippen LogP contribution in [0.5, 0.6) is 5.75 Å². The molecule has 5 nitrogen and oxygen atoms in total. The number of aromatic nitrogens is 1. The van der Waals surface area contributed by atoms with Crippen molar-refractivity contribution >= 4 is 23.6 Å². The van der Waals surface area contributed by atoms with Gasteiger partial charge in [0.15, 0.2) is 5.60 Å². The number of ether oxygens (including phenoxy) is 2. The number of allylic oxidation sites excluding steroid dienone is 1. The Morgan fingerprint density at radius 1 is 1.15 bits per heavy atom. The van der Waals surface area contributed by atoms with Crippen LogP contribution in [0.2, 0.25) is 5.02 Å². The summed E-state index contributed by atoms with van der Waals surface area (Å²) < 4.78 is 16.9. The molecule has 0 aliphatic rings. The van der Waals surface area contributed by atoms with Crippen molar-refractivity contribution in [1.29, 1.82) is 0 Å². The lowest BCUT2D eigenvalue weighted by atomic mass is 10.1. The normalized spacial score (nSPS) is 11.8. The van der Waals surface area contributed by atoms with E-state index in [0.29, 0.717) is 29.7 Å². The average Bonchev–Trinajstić information content (AvgIpc) is 3.19. The molecule has 0 spiro atoms. The van der Waals surface area contributed by atoms with Gasteiger partial charge in [-0.2, -0.15) is 0 Å². The van der Waals surface area contributed by atoms with Crippen molar-refractivity contribution in [3.8, 4) is 17.2 Å². The molecule has 0 saturated heterocycles. The molecule has 6 heteroatoms. The first-order valence-corrected chi connectivity index (χ1v) is 11.5. The summed E-state index contributed by atoms with van der Waals surface area (Å²) in [6.07, 6.45) is 4.71. The molecule has 0 aliphatic carbocycles. The lowest BCUT2D eigenvalue weighted by Crippen LogP contribution is -2.39. The first-order valence-electron chi connectivity index (χ1n) is 11.1. The second-order valence-electron chi connectivity index (χ2n) is 8.47. The van der Waals surface area contributed by atoms with Gasteiger partial charge < -0.3 is 13.9 Å². The van der Waals surface area contributed by atoms with Crippen molar-refractivity contribution in [3.05, 3.63) is 76.6 Å². The second-order valence-corrected chi connectivity index (χ2v) is 8.88. The van der Waals surface area contributed by atoms with Crippen LogP contribution in [0.25, 0.3) is 17.5 Å². The summed E-state index contributed by atoms with van der Waals surface area (Å²) in [5.74, 6) is 1.82. The van der Waals surface area contributed by atoms with E-state index >= 15 is 0 Å². The van der Waals surface area contributed by atoms with E-state index < -0.39 is 11.6 Å². The fraction of sp³-hybridized carbons (Fsp3) is 0.333. The van der Waals surface area contributed by atoms with Gasteiger partial charge in [-0.15, -0.1) is 0 Å². The summed E-state index contributed by atoms with van der Waals surface area (Å²) in [5.41, 5.74) is 1.65. The molecular formula is C27H30ClNO4. The number of benzene rings is 2. The molecule has 1 heterocycles. The van der Waals surface area contributed by atoms with E-state index in [2.05, 4.69) is 19.9 Å². The van der Waals surface area contributed by atoms with Crippen molar-refractivity contribution in [1.82, 2.24) is 4.98 Å². The standard InChI is InChI=1S/C27H30ClNO4/c1-6-31-26(30)27(4,5)33-20-16-14-19(15-17-20)10-9-13-23-24(18(2)3)32-25(29-23)21-11-7-8-12-22(21)28/h7-12,14-18H,6,13H2,1-5H3/b10-9+. The van der Waals surface area contributed by atoms with E-state index in [1.165, 1.54) is 0 Å². The molecule has 0 saturated carbocycles. The molecule has 0 amide bonds. The SMILES string of the molecule is CCOC(=O)C(C)(C)Oc1ccc(/C=C/Cc2nc(-c3ccccc3Cl)oc2C(C)C)cc1. The molecule has 0 aliphatic heterocycles. The van der Waals surface area contributed by atoms with E-state index in [1.54, 1.807) is 20.8 Å². The molecule has 0 N–H and O–H groups in total. The minimum atomic E-state index is -1.05. The van der Waals surface area contributed by atoms with Crippen LogP contribution in [0.3, 0.4) is 0 Å². The highest BCUT2D eigenvalue weighted by molar-refractivity contribution is 6.33. The minimum Gasteiger partial charge on any atom is -0.476 e. The molecule has 3 aromatic rings. The predicted molar refractivity (Wildman–Crippen MR) is 132 cm³/mol. The smallest absolute Gasteiger partial charge is 0.349 e. The van der Waals surface area contributed by atoms with Gasteiger partial charge in [-0.1, -0.05) is 61.9 Å². The van der Waals surface area contributed by atoms with Crippen LogP contribution in [0, 0.1) is 0 Å². The first kappa shape index (κ1) is 24.6. The Labute approximate surface area is 200 Å². The van der Waals surface area contributed by atoms with Gasteiger partial charge in [-0.05, 0) is 50.6 Å². The summed E-state index contributed by atoms with van der Waals surface area (Å²) >= 11 is 6.32. The van der Waals surface area contributed by atoms with Gasteiger partial charge >= 0.3 is 5.97 Å². The zero-order valence-electron chi connectivity index (χ0n) is 19.7. The van der Waals surface area contributed by atoms with Crippen LogP contribution in [-0.4, -0.2) is 23.2 Å². The summed E-state index contributed by atoms with van der Waals surface area (Å²) in [4.78, 5) is 16.7. The maximum Gasteiger partial charge on any atom is 0.349 e. The monoisotopic (exact) mass is 467 g/mol. The van der Waals surface area contributed by atoms with Gasteiger partial charge in [-0.25, -0.2) is 9.78 Å². The van der Waals surface area contributed by atoms with E-state index in [9.17, 15) is 4.79 Å². The average molecular weight is 468 g/mol. The number of hydrogen-bond donors (Lipinski definition) is 0. The van der Waals surface area contributed by atoms with Gasteiger partial charge in [0.2, 0.25) is 5.89 Å². The summed E-state index contributed by atoms with van der Waals surface area (Å²) in [6, 6.07) is 15.1. The van der Waals surface area contributed by atoms with Gasteiger partial charge in [0.1, 0.15) is 11.5 Å². The molecule has 33 heavy (non-hydrogen) atoms. The zero-order valence-corrected chi connectivity index (χ0v) is 20.5. The number of esters is 1. The Morgan fingerprint density at radius 3 is 2.48 bits per heavy atom. The molecule has 1 aromatic heterocycles. The Bertz CT molecular complexity index is 1110. The topological polar surface area (TPSA) is 61.6 Å². The summed E-state index contributed by atoms with van der Waals surface area (Å²) in [7, 11) is 0. The quantitative estimate of drug-likeness (QED) is 0.314. The molecule has 0 atom stereocenters. The molecule has 3 rings (SSSR count). The van der Waals surface area contributed by atoms with Crippen molar-refractivity contribution in [3.63, 3.8) is 0 Å². The number of nitrogens with zero attached hydrogens (tertiary/aromatic N) is 1. The molecule has 0 unspecified atom stereocenters. The largest absolute Gasteiger partial charge is 0.476 e. The number of oxazole rings is 1. The molecule has 0 fully saturated rings. The number of carbonyl (C=O) groups is 1. The maximum atomic E-state index is 12.0. The maximum absolute atomic E-state index is 12.0. The van der Waals surface area contributed by atoms with Crippen LogP contribution >= 0.6 is 11.6 Å². The number of halogens is 1. The van der Waals surface area contributed by atoms with Gasteiger partial charge in [0.25, 0.3) is 0 Å². The summed E-state index contributed by atoms with van der Waals surface area (Å²) in [6.45, 7) is 9.65. The van der Waals surface area contributed by atoms with Crippen LogP contribution in [0.1, 0.15) is 57.6 Å². The molecule has 0 radical (unpaired) electrons. The van der Waals surface area contributed by atoms with E-state index in [4.69, 9.17) is 30.5 Å². The van der Waals surface area contributed by atoms with Crippen LogP contribution in [0.15, 0.2) is 59.0 Å². The molecule has 174 valence electrons. The fourth-order valence-corrected chi connectivity index (χ4v) is 3.52. The predicted octanol–water partition coefficient (Wildman–Crippen LogP) is 7.09. The Kier molecular flexibility index (Phi) is 7.98. The van der Waals surface area contributed by atoms with Crippen molar-refractivity contribution in [2.75, 3.05) is 6.61 Å². The highest BCUT2D eigenvalue weighted by atomic mass is 35.5. The second kappa shape index (κ2) is 10.7. The first-order chi connectivity index (χ1) is 15.7. The Balaban J connectivity index is 1.70. The van der Waals surface area contributed by atoms with Crippen molar-refractivity contribution in [2.45, 2.75) is 52.6 Å². The third-order valence-corrected chi connectivity index (χ3v) is 5.33. The van der Waals surface area contributed by atoms with Crippen LogP contribution < -0.4 is 4.74 Å². The zero-order chi connectivity index (χ0) is 24.0. The Morgan fingerprint density at radius 2 is 1.85 bits per heavy atom. The van der Waals surface area contributed by atoms with E-state index in [0.717, 1.165) is 22.6 Å². The van der Waals surface area contributed by atoms with Crippen LogP contribution in [0.4, 0.5) is 0 Å². The Hall–Kier alpha value is -3.05. The van der Waals surface area contributed by atoms with Crippen LogP contribution in [-0.2, 0) is 16.0 Å².